The number of benzene rings is 1. The van der Waals surface area contributed by atoms with E-state index in [1.807, 2.05) is 20.8 Å². The lowest BCUT2D eigenvalue weighted by atomic mass is 9.64. The molecule has 3 unspecified atom stereocenters. The van der Waals surface area contributed by atoms with Crippen LogP contribution >= 0.6 is 15.9 Å². The van der Waals surface area contributed by atoms with Crippen molar-refractivity contribution < 1.29 is 19.1 Å². The fraction of sp³-hybridized carbons (Fsp3) is 0.526. The minimum absolute atomic E-state index is 0.111. The van der Waals surface area contributed by atoms with Crippen molar-refractivity contribution >= 4 is 39.3 Å². The van der Waals surface area contributed by atoms with E-state index in [1.54, 1.807) is 24.3 Å². The molecule has 0 aromatic heterocycles. The normalized spacial score (nSPS) is 32.5. The summed E-state index contributed by atoms with van der Waals surface area (Å²) in [5.74, 6) is -0.467. The van der Waals surface area contributed by atoms with E-state index in [-0.39, 0.29) is 11.7 Å². The summed E-state index contributed by atoms with van der Waals surface area (Å²) in [7, 11) is 1.32. The van der Waals surface area contributed by atoms with Gasteiger partial charge in [-0.15, -0.1) is 0 Å². The first-order chi connectivity index (χ1) is 11.6. The largest absolute Gasteiger partial charge is 0.465 e. The number of esters is 1. The Morgan fingerprint density at radius 1 is 1.16 bits per heavy atom. The van der Waals surface area contributed by atoms with Gasteiger partial charge in [0.15, 0.2) is 5.78 Å². The highest BCUT2D eigenvalue weighted by Crippen LogP contribution is 2.72. The fourth-order valence-corrected chi connectivity index (χ4v) is 6.02. The number of anilines is 1. The molecule has 1 N–H and O–H groups in total. The number of amides is 1. The zero-order valence-corrected chi connectivity index (χ0v) is 16.4. The van der Waals surface area contributed by atoms with Crippen LogP contribution in [-0.4, -0.2) is 29.6 Å². The van der Waals surface area contributed by atoms with Gasteiger partial charge in [-0.3, -0.25) is 9.59 Å². The Hall–Kier alpha value is -1.69. The zero-order valence-electron chi connectivity index (χ0n) is 14.8. The molecule has 0 radical (unpaired) electrons. The van der Waals surface area contributed by atoms with Gasteiger partial charge in [0.05, 0.1) is 22.9 Å². The highest BCUT2D eigenvalue weighted by molar-refractivity contribution is 9.10. The number of rotatable bonds is 3. The van der Waals surface area contributed by atoms with E-state index in [9.17, 15) is 14.4 Å². The van der Waals surface area contributed by atoms with Gasteiger partial charge < -0.3 is 10.1 Å². The average molecular weight is 408 g/mol. The third-order valence-electron chi connectivity index (χ3n) is 6.69. The van der Waals surface area contributed by atoms with Crippen LogP contribution in [0.4, 0.5) is 5.69 Å². The number of ketones is 1. The van der Waals surface area contributed by atoms with Crippen molar-refractivity contribution in [3.05, 3.63) is 29.8 Å². The average Bonchev–Trinajstić information content (AvgIpc) is 2.86. The number of methoxy groups -OCH3 is 1. The Balaban J connectivity index is 1.89. The van der Waals surface area contributed by atoms with Gasteiger partial charge in [-0.2, -0.15) is 0 Å². The van der Waals surface area contributed by atoms with E-state index in [2.05, 4.69) is 26.0 Å². The molecule has 2 bridgehead atoms. The summed E-state index contributed by atoms with van der Waals surface area (Å²) >= 11 is 3.51. The van der Waals surface area contributed by atoms with Crippen LogP contribution in [0.5, 0.6) is 0 Å². The lowest BCUT2D eigenvalue weighted by Crippen LogP contribution is -2.47. The topological polar surface area (TPSA) is 72.5 Å². The Bertz CT molecular complexity index is 757. The van der Waals surface area contributed by atoms with Crippen molar-refractivity contribution in [3.8, 4) is 0 Å². The number of carbonyl (C=O) groups excluding carboxylic acids is 3. The van der Waals surface area contributed by atoms with Crippen LogP contribution < -0.4 is 5.32 Å². The summed E-state index contributed by atoms with van der Waals surface area (Å²) in [5, 5.41) is 2.94. The van der Waals surface area contributed by atoms with Crippen LogP contribution in [0, 0.1) is 16.2 Å². The molecule has 134 valence electrons. The number of ether oxygens (including phenoxy) is 1. The molecule has 2 aliphatic carbocycles. The maximum Gasteiger partial charge on any atom is 0.337 e. The van der Waals surface area contributed by atoms with E-state index < -0.39 is 27.0 Å². The maximum atomic E-state index is 13.2. The Kier molecular flexibility index (Phi) is 4.10. The van der Waals surface area contributed by atoms with Gasteiger partial charge in [0, 0.05) is 11.1 Å². The van der Waals surface area contributed by atoms with Crippen LogP contribution in [-0.2, 0) is 14.3 Å². The second-order valence-electron chi connectivity index (χ2n) is 7.68. The highest BCUT2D eigenvalue weighted by atomic mass is 79.9. The Morgan fingerprint density at radius 3 is 2.24 bits per heavy atom. The van der Waals surface area contributed by atoms with Gasteiger partial charge in [0.25, 0.3) is 0 Å². The number of fused-ring (bicyclic) bond motifs is 2. The molecule has 2 aliphatic rings. The molecule has 2 saturated carbocycles. The van der Waals surface area contributed by atoms with E-state index in [0.717, 1.165) is 6.42 Å². The zero-order chi connectivity index (χ0) is 18.6. The SMILES string of the molecule is COC(=O)c1ccc(NC(=O)C23CCC(C)(C(=O)C2Br)C3(C)C)cc1. The molecule has 3 rings (SSSR count). The number of halogens is 1. The number of carbonyl (C=O) groups is 3. The molecule has 1 aromatic rings. The second kappa shape index (κ2) is 5.66. The van der Waals surface area contributed by atoms with E-state index in [0.29, 0.717) is 17.7 Å². The summed E-state index contributed by atoms with van der Waals surface area (Å²) in [4.78, 5) is 37.0. The van der Waals surface area contributed by atoms with Crippen LogP contribution in [0.3, 0.4) is 0 Å². The smallest absolute Gasteiger partial charge is 0.337 e. The summed E-state index contributed by atoms with van der Waals surface area (Å²) in [6, 6.07) is 6.55. The number of hydrogen-bond donors (Lipinski definition) is 1. The quantitative estimate of drug-likeness (QED) is 0.613. The minimum Gasteiger partial charge on any atom is -0.465 e. The molecule has 0 saturated heterocycles. The van der Waals surface area contributed by atoms with Crippen LogP contribution in [0.2, 0.25) is 0 Å². The number of nitrogens with one attached hydrogen (secondary N) is 1. The first kappa shape index (κ1) is 18.1. The molecule has 5 nitrogen and oxygen atoms in total. The molecule has 25 heavy (non-hydrogen) atoms. The van der Waals surface area contributed by atoms with Crippen LogP contribution in [0.1, 0.15) is 44.0 Å². The van der Waals surface area contributed by atoms with Gasteiger partial charge in [-0.05, 0) is 42.5 Å². The van der Waals surface area contributed by atoms with Gasteiger partial charge in [0.2, 0.25) is 5.91 Å². The molecular formula is C19H22BrNO4. The van der Waals surface area contributed by atoms with Crippen molar-refractivity contribution in [2.24, 2.45) is 16.2 Å². The van der Waals surface area contributed by atoms with Crippen LogP contribution in [0.25, 0.3) is 0 Å². The Morgan fingerprint density at radius 2 is 1.76 bits per heavy atom. The predicted molar refractivity (Wildman–Crippen MR) is 97.7 cm³/mol. The highest BCUT2D eigenvalue weighted by Gasteiger charge is 2.76. The Labute approximate surface area is 155 Å². The molecule has 0 heterocycles. The molecule has 6 heteroatoms. The first-order valence-electron chi connectivity index (χ1n) is 8.30. The van der Waals surface area contributed by atoms with Gasteiger partial charge in [-0.1, -0.05) is 36.7 Å². The van der Waals surface area contributed by atoms with Gasteiger partial charge in [0.1, 0.15) is 0 Å². The van der Waals surface area contributed by atoms with Crippen LogP contribution in [0.15, 0.2) is 24.3 Å². The molecule has 1 amide bonds. The minimum atomic E-state index is -0.778. The molecule has 1 aromatic carbocycles. The third kappa shape index (κ3) is 2.16. The molecule has 2 fully saturated rings. The van der Waals surface area contributed by atoms with Crippen molar-refractivity contribution in [2.45, 2.75) is 38.4 Å². The maximum absolute atomic E-state index is 13.2. The van der Waals surface area contributed by atoms with Crippen molar-refractivity contribution in [3.63, 3.8) is 0 Å². The molecular weight excluding hydrogens is 386 g/mol. The fourth-order valence-electron chi connectivity index (χ4n) is 4.51. The van der Waals surface area contributed by atoms with E-state index in [4.69, 9.17) is 0 Å². The van der Waals surface area contributed by atoms with Crippen molar-refractivity contribution in [2.75, 3.05) is 12.4 Å². The van der Waals surface area contributed by atoms with Gasteiger partial charge in [-0.25, -0.2) is 4.79 Å². The lowest BCUT2D eigenvalue weighted by Gasteiger charge is -2.39. The van der Waals surface area contributed by atoms with Crippen molar-refractivity contribution in [1.82, 2.24) is 0 Å². The summed E-state index contributed by atoms with van der Waals surface area (Å²) in [5.41, 5.74) is -0.702. The van der Waals surface area contributed by atoms with Crippen molar-refractivity contribution in [1.29, 1.82) is 0 Å². The third-order valence-corrected chi connectivity index (χ3v) is 7.89. The van der Waals surface area contributed by atoms with E-state index >= 15 is 0 Å². The molecule has 0 aliphatic heterocycles. The lowest BCUT2D eigenvalue weighted by molar-refractivity contribution is -0.130. The number of Topliss-reactive ketones (excluding diaryl/α,β-unsaturated/α-hetero) is 1. The van der Waals surface area contributed by atoms with E-state index in [1.165, 1.54) is 7.11 Å². The summed E-state index contributed by atoms with van der Waals surface area (Å²) < 4.78 is 4.67. The second-order valence-corrected chi connectivity index (χ2v) is 8.59. The predicted octanol–water partition coefficient (Wildman–Crippen LogP) is 3.57. The summed E-state index contributed by atoms with van der Waals surface area (Å²) in [6.07, 6.45) is 1.39. The van der Waals surface area contributed by atoms with Gasteiger partial charge >= 0.3 is 5.97 Å². The monoisotopic (exact) mass is 407 g/mol. The number of hydrogen-bond acceptors (Lipinski definition) is 4. The first-order valence-corrected chi connectivity index (χ1v) is 9.21. The summed E-state index contributed by atoms with van der Waals surface area (Å²) in [6.45, 7) is 6.00. The number of alkyl halides is 1. The standard InChI is InChI=1S/C19H22BrNO4/c1-17(2)18(3)9-10-19(17,13(20)14(18)22)16(24)21-12-7-5-11(6-8-12)15(23)25-4/h5-8,13H,9-10H2,1-4H3,(H,21,24). The molecule has 0 spiro atoms. The molecule has 3 atom stereocenters.